The maximum absolute atomic E-state index is 11.2. The molecule has 0 saturated carbocycles. The molecule has 0 spiro atoms. The molecule has 1 aliphatic rings. The monoisotopic (exact) mass is 476 g/mol. The number of halogens is 1. The topological polar surface area (TPSA) is 108 Å². The maximum Gasteiger partial charge on any atom is 0.332 e. The maximum atomic E-state index is 11.2. The largest absolute Gasteiger partial charge is 0.497 e. The van der Waals surface area contributed by atoms with E-state index in [4.69, 9.17) is 14.2 Å². The number of nitrogens with one attached hydrogen (secondary N) is 1. The third-order valence-corrected chi connectivity index (χ3v) is 5.69. The molecule has 4 rings (SSSR count). The SMILES string of the molecule is COc1ccc(CNc2ncnc3c2c(Br)cn3C2CCC(C(=O)O)O2)c(OC)c1. The average molecular weight is 477 g/mol. The van der Waals surface area contributed by atoms with Crippen LogP contribution < -0.4 is 14.8 Å². The fourth-order valence-electron chi connectivity index (χ4n) is 3.58. The second kappa shape index (κ2) is 8.49. The number of hydrogen-bond acceptors (Lipinski definition) is 7. The van der Waals surface area contributed by atoms with Gasteiger partial charge in [0, 0.05) is 28.8 Å². The Morgan fingerprint density at radius 3 is 2.87 bits per heavy atom. The number of fused-ring (bicyclic) bond motifs is 1. The van der Waals surface area contributed by atoms with Crippen molar-refractivity contribution >= 4 is 38.8 Å². The number of ether oxygens (including phenoxy) is 3. The van der Waals surface area contributed by atoms with Crippen LogP contribution in [0, 0.1) is 0 Å². The molecule has 2 N–H and O–H groups in total. The van der Waals surface area contributed by atoms with Gasteiger partial charge in [0.15, 0.2) is 6.10 Å². The molecule has 1 aromatic carbocycles. The Hall–Kier alpha value is -2.85. The summed E-state index contributed by atoms with van der Waals surface area (Å²) in [5.41, 5.74) is 1.61. The van der Waals surface area contributed by atoms with Crippen molar-refractivity contribution in [1.29, 1.82) is 0 Å². The van der Waals surface area contributed by atoms with Crippen LogP contribution in [0.3, 0.4) is 0 Å². The number of nitrogens with zero attached hydrogens (tertiary/aromatic N) is 3. The van der Waals surface area contributed by atoms with Crippen LogP contribution in [-0.2, 0) is 16.1 Å². The number of rotatable bonds is 7. The van der Waals surface area contributed by atoms with Gasteiger partial charge in [-0.2, -0.15) is 0 Å². The zero-order valence-electron chi connectivity index (χ0n) is 16.5. The van der Waals surface area contributed by atoms with Gasteiger partial charge in [-0.1, -0.05) is 0 Å². The third-order valence-electron chi connectivity index (χ3n) is 5.09. The number of methoxy groups -OCH3 is 2. The van der Waals surface area contributed by atoms with Gasteiger partial charge >= 0.3 is 5.97 Å². The molecule has 0 amide bonds. The summed E-state index contributed by atoms with van der Waals surface area (Å²) in [7, 11) is 3.23. The average Bonchev–Trinajstić information content (AvgIpc) is 3.37. The van der Waals surface area contributed by atoms with E-state index in [-0.39, 0.29) is 6.23 Å². The van der Waals surface area contributed by atoms with Crippen molar-refractivity contribution in [2.45, 2.75) is 31.7 Å². The van der Waals surface area contributed by atoms with Gasteiger partial charge in [-0.05, 0) is 40.9 Å². The van der Waals surface area contributed by atoms with Crippen molar-refractivity contribution in [3.63, 3.8) is 0 Å². The van der Waals surface area contributed by atoms with Crippen molar-refractivity contribution in [2.75, 3.05) is 19.5 Å². The Morgan fingerprint density at radius 1 is 1.33 bits per heavy atom. The molecule has 2 unspecified atom stereocenters. The first-order valence-corrected chi connectivity index (χ1v) is 10.1. The summed E-state index contributed by atoms with van der Waals surface area (Å²) < 4.78 is 19.0. The van der Waals surface area contributed by atoms with Crippen molar-refractivity contribution in [3.05, 3.63) is 40.8 Å². The number of aliphatic carboxylic acids is 1. The van der Waals surface area contributed by atoms with Crippen LogP contribution in [0.2, 0.25) is 0 Å². The Labute approximate surface area is 181 Å². The number of aromatic nitrogens is 3. The van der Waals surface area contributed by atoms with Crippen LogP contribution in [0.15, 0.2) is 35.2 Å². The molecule has 9 nitrogen and oxygen atoms in total. The molecule has 30 heavy (non-hydrogen) atoms. The van der Waals surface area contributed by atoms with Gasteiger partial charge in [0.25, 0.3) is 0 Å². The highest BCUT2D eigenvalue weighted by molar-refractivity contribution is 9.10. The van der Waals surface area contributed by atoms with E-state index >= 15 is 0 Å². The van der Waals surface area contributed by atoms with Crippen molar-refractivity contribution in [2.24, 2.45) is 0 Å². The van der Waals surface area contributed by atoms with Gasteiger partial charge in [-0.3, -0.25) is 0 Å². The standard InChI is InChI=1S/C20H21BrN4O5/c1-28-12-4-3-11(15(7-12)29-2)8-22-18-17-13(21)9-25(19(17)24-10-23-18)16-6-5-14(30-16)20(26)27/h3-4,7,9-10,14,16H,5-6,8H2,1-2H3,(H,26,27)(H,22,23,24). The molecule has 0 radical (unpaired) electrons. The van der Waals surface area contributed by atoms with Crippen LogP contribution in [0.4, 0.5) is 5.82 Å². The molecule has 1 aliphatic heterocycles. The van der Waals surface area contributed by atoms with E-state index in [0.29, 0.717) is 36.6 Å². The number of anilines is 1. The van der Waals surface area contributed by atoms with Gasteiger partial charge in [0.05, 0.1) is 19.6 Å². The molecule has 3 heterocycles. The molecule has 0 bridgehead atoms. The summed E-state index contributed by atoms with van der Waals surface area (Å²) in [4.78, 5) is 20.0. The van der Waals surface area contributed by atoms with Crippen LogP contribution in [0.5, 0.6) is 11.5 Å². The molecule has 0 aliphatic carbocycles. The lowest BCUT2D eigenvalue weighted by molar-refractivity contribution is -0.151. The Morgan fingerprint density at radius 2 is 2.17 bits per heavy atom. The molecule has 2 aromatic heterocycles. The molecule has 3 aromatic rings. The van der Waals surface area contributed by atoms with E-state index in [1.807, 2.05) is 29.0 Å². The van der Waals surface area contributed by atoms with Crippen molar-refractivity contribution < 1.29 is 24.1 Å². The third kappa shape index (κ3) is 3.80. The van der Waals surface area contributed by atoms with E-state index in [9.17, 15) is 9.90 Å². The van der Waals surface area contributed by atoms with E-state index in [1.54, 1.807) is 14.2 Å². The van der Waals surface area contributed by atoms with Crippen LogP contribution in [-0.4, -0.2) is 45.9 Å². The fraction of sp³-hybridized carbons (Fsp3) is 0.350. The molecule has 2 atom stereocenters. The van der Waals surface area contributed by atoms with Crippen LogP contribution in [0.1, 0.15) is 24.6 Å². The first kappa shape index (κ1) is 20.4. The van der Waals surface area contributed by atoms with Crippen molar-refractivity contribution in [1.82, 2.24) is 14.5 Å². The molecular formula is C20H21BrN4O5. The Balaban J connectivity index is 1.61. The number of carboxylic acid groups (broad SMARTS) is 1. The zero-order chi connectivity index (χ0) is 21.3. The lowest BCUT2D eigenvalue weighted by Crippen LogP contribution is -2.20. The van der Waals surface area contributed by atoms with Gasteiger partial charge in [0.1, 0.15) is 35.5 Å². The van der Waals surface area contributed by atoms with E-state index in [1.165, 1.54) is 6.33 Å². The predicted octanol–water partition coefficient (Wildman–Crippen LogP) is 3.59. The lowest BCUT2D eigenvalue weighted by Gasteiger charge is -2.14. The summed E-state index contributed by atoms with van der Waals surface area (Å²) in [6.07, 6.45) is 3.21. The van der Waals surface area contributed by atoms with E-state index < -0.39 is 12.1 Å². The first-order valence-electron chi connectivity index (χ1n) is 9.36. The second-order valence-corrected chi connectivity index (χ2v) is 7.69. The van der Waals surface area contributed by atoms with Gasteiger partial charge in [-0.25, -0.2) is 14.8 Å². The summed E-state index contributed by atoms with van der Waals surface area (Å²) in [5, 5.41) is 13.3. The predicted molar refractivity (Wildman–Crippen MR) is 113 cm³/mol. The smallest absolute Gasteiger partial charge is 0.332 e. The van der Waals surface area contributed by atoms with Crippen LogP contribution in [0.25, 0.3) is 11.0 Å². The van der Waals surface area contributed by atoms with Gasteiger partial charge in [-0.15, -0.1) is 0 Å². The summed E-state index contributed by atoms with van der Waals surface area (Å²) >= 11 is 3.58. The summed E-state index contributed by atoms with van der Waals surface area (Å²) in [6, 6.07) is 5.63. The molecular weight excluding hydrogens is 456 g/mol. The number of hydrogen-bond donors (Lipinski definition) is 2. The summed E-state index contributed by atoms with van der Waals surface area (Å²) in [5.74, 6) is 1.13. The quantitative estimate of drug-likeness (QED) is 0.532. The van der Waals surface area contributed by atoms with Crippen molar-refractivity contribution in [3.8, 4) is 11.5 Å². The molecule has 1 saturated heterocycles. The Kier molecular flexibility index (Phi) is 5.78. The molecule has 1 fully saturated rings. The van der Waals surface area contributed by atoms with Crippen LogP contribution >= 0.6 is 15.9 Å². The highest BCUT2D eigenvalue weighted by Crippen LogP contribution is 2.37. The summed E-state index contributed by atoms with van der Waals surface area (Å²) in [6.45, 7) is 0.484. The number of carbonyl (C=O) groups is 1. The number of benzene rings is 1. The second-order valence-electron chi connectivity index (χ2n) is 6.83. The highest BCUT2D eigenvalue weighted by atomic mass is 79.9. The van der Waals surface area contributed by atoms with E-state index in [0.717, 1.165) is 21.2 Å². The normalized spacial score (nSPS) is 18.5. The van der Waals surface area contributed by atoms with Gasteiger partial charge in [0.2, 0.25) is 0 Å². The van der Waals surface area contributed by atoms with E-state index in [2.05, 4.69) is 31.2 Å². The lowest BCUT2D eigenvalue weighted by atomic mass is 10.2. The molecule has 158 valence electrons. The first-order chi connectivity index (χ1) is 14.5. The fourth-order valence-corrected chi connectivity index (χ4v) is 4.16. The Bertz CT molecular complexity index is 1090. The minimum atomic E-state index is -0.946. The van der Waals surface area contributed by atoms with Gasteiger partial charge < -0.3 is 29.2 Å². The zero-order valence-corrected chi connectivity index (χ0v) is 18.0. The minimum Gasteiger partial charge on any atom is -0.497 e. The highest BCUT2D eigenvalue weighted by Gasteiger charge is 2.33. The number of carboxylic acids is 1. The minimum absolute atomic E-state index is 0.385. The molecule has 10 heteroatoms.